The Kier molecular flexibility index (Phi) is 1.15. The predicted molar refractivity (Wildman–Crippen MR) is 40.3 cm³/mol. The topological polar surface area (TPSA) is 43.1 Å². The van der Waals surface area contributed by atoms with Crippen molar-refractivity contribution in [3.05, 3.63) is 23.8 Å². The molecule has 0 radical (unpaired) electrons. The summed E-state index contributed by atoms with van der Waals surface area (Å²) in [5.41, 5.74) is 2.13. The molecular formula is C7H8N4. The molecule has 2 rings (SSSR count). The lowest BCUT2D eigenvalue weighted by molar-refractivity contribution is 0.914. The second-order valence-electron chi connectivity index (χ2n) is 2.51. The van der Waals surface area contributed by atoms with Gasteiger partial charge in [0.05, 0.1) is 0 Å². The van der Waals surface area contributed by atoms with Gasteiger partial charge in [-0.15, -0.1) is 0 Å². The van der Waals surface area contributed by atoms with Crippen LogP contribution >= 0.6 is 0 Å². The quantitative estimate of drug-likeness (QED) is 0.553. The molecule has 0 saturated carbocycles. The Labute approximate surface area is 63.9 Å². The Morgan fingerprint density at radius 3 is 3.00 bits per heavy atom. The van der Waals surface area contributed by atoms with E-state index in [0.717, 1.165) is 11.3 Å². The number of rotatable bonds is 0. The molecule has 0 aliphatic rings. The lowest BCUT2D eigenvalue weighted by Gasteiger charge is -1.97. The van der Waals surface area contributed by atoms with Crippen molar-refractivity contribution in [2.45, 2.75) is 13.8 Å². The van der Waals surface area contributed by atoms with Crippen molar-refractivity contribution in [1.82, 2.24) is 19.6 Å². The summed E-state index contributed by atoms with van der Waals surface area (Å²) >= 11 is 0. The van der Waals surface area contributed by atoms with Crippen molar-refractivity contribution in [3.63, 3.8) is 0 Å². The molecule has 0 aliphatic heterocycles. The molecule has 4 heteroatoms. The molecule has 0 aromatic carbocycles. The van der Waals surface area contributed by atoms with Gasteiger partial charge in [-0.25, -0.2) is 9.50 Å². The summed E-state index contributed by atoms with van der Waals surface area (Å²) in [7, 11) is 0. The van der Waals surface area contributed by atoms with Gasteiger partial charge in [0, 0.05) is 11.9 Å². The predicted octanol–water partition coefficient (Wildman–Crippen LogP) is 0.741. The highest BCUT2D eigenvalue weighted by atomic mass is 15.3. The normalized spacial score (nSPS) is 10.7. The van der Waals surface area contributed by atoms with Crippen LogP contribution in [0.4, 0.5) is 0 Å². The van der Waals surface area contributed by atoms with Crippen LogP contribution in [0.1, 0.15) is 11.3 Å². The third-order valence-corrected chi connectivity index (χ3v) is 1.71. The molecule has 0 spiro atoms. The number of nitrogens with zero attached hydrogens (tertiary/aromatic N) is 4. The Morgan fingerprint density at radius 2 is 2.18 bits per heavy atom. The van der Waals surface area contributed by atoms with Crippen LogP contribution in [0, 0.1) is 13.8 Å². The zero-order chi connectivity index (χ0) is 7.84. The van der Waals surface area contributed by atoms with Crippen LogP contribution in [-0.4, -0.2) is 19.6 Å². The Morgan fingerprint density at radius 1 is 1.36 bits per heavy atom. The van der Waals surface area contributed by atoms with E-state index in [1.165, 1.54) is 6.33 Å². The smallest absolute Gasteiger partial charge is 0.216 e. The van der Waals surface area contributed by atoms with E-state index in [4.69, 9.17) is 0 Å². The van der Waals surface area contributed by atoms with Gasteiger partial charge in [-0.1, -0.05) is 0 Å². The minimum atomic E-state index is 0.660. The first-order chi connectivity index (χ1) is 5.27. The molecule has 56 valence electrons. The molecule has 0 bridgehead atoms. The van der Waals surface area contributed by atoms with Crippen molar-refractivity contribution in [3.8, 4) is 0 Å². The van der Waals surface area contributed by atoms with Crippen molar-refractivity contribution < 1.29 is 0 Å². The second-order valence-corrected chi connectivity index (χ2v) is 2.51. The first-order valence-electron chi connectivity index (χ1n) is 3.41. The van der Waals surface area contributed by atoms with Crippen molar-refractivity contribution in [2.24, 2.45) is 0 Å². The van der Waals surface area contributed by atoms with Gasteiger partial charge in [0.1, 0.15) is 6.33 Å². The van der Waals surface area contributed by atoms with E-state index in [9.17, 15) is 0 Å². The summed E-state index contributed by atoms with van der Waals surface area (Å²) in [5.74, 6) is 0.660. The molecule has 0 aliphatic carbocycles. The fourth-order valence-electron chi connectivity index (χ4n) is 0.930. The van der Waals surface area contributed by atoms with Crippen LogP contribution < -0.4 is 0 Å². The summed E-state index contributed by atoms with van der Waals surface area (Å²) in [6.45, 7) is 3.97. The number of hydrogen-bond acceptors (Lipinski definition) is 3. The molecule has 2 heterocycles. The largest absolute Gasteiger partial charge is 0.252 e. The summed E-state index contributed by atoms with van der Waals surface area (Å²) in [4.78, 5) is 8.19. The Bertz CT molecular complexity index is 354. The van der Waals surface area contributed by atoms with Crippen LogP contribution in [0.3, 0.4) is 0 Å². The summed E-state index contributed by atoms with van der Waals surface area (Å²) in [6, 6.07) is 0. The van der Waals surface area contributed by atoms with Crippen LogP contribution in [0.2, 0.25) is 0 Å². The number of hydrogen-bond donors (Lipinski definition) is 0. The SMILES string of the molecule is Cc1cn2ncnc2nc1C. The van der Waals surface area contributed by atoms with Crippen molar-refractivity contribution in [2.75, 3.05) is 0 Å². The van der Waals surface area contributed by atoms with Gasteiger partial charge < -0.3 is 0 Å². The molecule has 0 N–H and O–H groups in total. The summed E-state index contributed by atoms with van der Waals surface area (Å²) < 4.78 is 1.67. The van der Waals surface area contributed by atoms with Crippen LogP contribution in [0.5, 0.6) is 0 Å². The first-order valence-corrected chi connectivity index (χ1v) is 3.41. The van der Waals surface area contributed by atoms with E-state index in [1.807, 2.05) is 20.0 Å². The van der Waals surface area contributed by atoms with E-state index >= 15 is 0 Å². The van der Waals surface area contributed by atoms with E-state index in [-0.39, 0.29) is 0 Å². The van der Waals surface area contributed by atoms with Gasteiger partial charge >= 0.3 is 0 Å². The minimum absolute atomic E-state index is 0.660. The van der Waals surface area contributed by atoms with Gasteiger partial charge in [-0.2, -0.15) is 10.1 Å². The fourth-order valence-corrected chi connectivity index (χ4v) is 0.930. The molecule has 0 amide bonds. The van der Waals surface area contributed by atoms with E-state index in [1.54, 1.807) is 4.52 Å². The average molecular weight is 148 g/mol. The van der Waals surface area contributed by atoms with Gasteiger partial charge in [0.15, 0.2) is 0 Å². The van der Waals surface area contributed by atoms with Gasteiger partial charge in [0.25, 0.3) is 5.78 Å². The van der Waals surface area contributed by atoms with Crippen molar-refractivity contribution in [1.29, 1.82) is 0 Å². The van der Waals surface area contributed by atoms with Gasteiger partial charge in [-0.05, 0) is 19.4 Å². The highest BCUT2D eigenvalue weighted by Gasteiger charge is 1.98. The summed E-state index contributed by atoms with van der Waals surface area (Å²) in [5, 5.41) is 3.96. The molecule has 2 aromatic heterocycles. The zero-order valence-corrected chi connectivity index (χ0v) is 6.44. The number of fused-ring (bicyclic) bond motifs is 1. The molecule has 0 saturated heterocycles. The van der Waals surface area contributed by atoms with E-state index in [0.29, 0.717) is 5.78 Å². The average Bonchev–Trinajstić information content (AvgIpc) is 2.36. The zero-order valence-electron chi connectivity index (χ0n) is 6.44. The highest BCUT2D eigenvalue weighted by Crippen LogP contribution is 2.02. The highest BCUT2D eigenvalue weighted by molar-refractivity contribution is 5.29. The van der Waals surface area contributed by atoms with Crippen molar-refractivity contribution >= 4 is 5.78 Å². The maximum atomic E-state index is 4.22. The Balaban J connectivity index is 2.86. The molecule has 0 atom stereocenters. The number of aryl methyl sites for hydroxylation is 2. The molecule has 2 aromatic rings. The lowest BCUT2D eigenvalue weighted by atomic mass is 10.3. The monoisotopic (exact) mass is 148 g/mol. The molecule has 0 unspecified atom stereocenters. The third kappa shape index (κ3) is 0.869. The maximum absolute atomic E-state index is 4.22. The molecule has 4 nitrogen and oxygen atoms in total. The van der Waals surface area contributed by atoms with E-state index < -0.39 is 0 Å². The van der Waals surface area contributed by atoms with Gasteiger partial charge in [0.2, 0.25) is 0 Å². The Hall–Kier alpha value is -1.45. The van der Waals surface area contributed by atoms with Gasteiger partial charge in [-0.3, -0.25) is 0 Å². The van der Waals surface area contributed by atoms with E-state index in [2.05, 4.69) is 15.1 Å². The maximum Gasteiger partial charge on any atom is 0.252 e. The molecular weight excluding hydrogens is 140 g/mol. The standard InChI is InChI=1S/C7H8N4/c1-5-3-11-7(8-4-9-11)10-6(5)2/h3-4H,1-2H3. The molecule has 11 heavy (non-hydrogen) atoms. The third-order valence-electron chi connectivity index (χ3n) is 1.71. The first kappa shape index (κ1) is 6.27. The fraction of sp³-hybridized carbons (Fsp3) is 0.286. The lowest BCUT2D eigenvalue weighted by Crippen LogP contribution is -1.95. The second kappa shape index (κ2) is 2.02. The van der Waals surface area contributed by atoms with Crippen LogP contribution in [0.25, 0.3) is 5.78 Å². The number of aromatic nitrogens is 4. The van der Waals surface area contributed by atoms with Crippen LogP contribution in [0.15, 0.2) is 12.5 Å². The minimum Gasteiger partial charge on any atom is -0.216 e. The van der Waals surface area contributed by atoms with Crippen LogP contribution in [-0.2, 0) is 0 Å². The summed E-state index contributed by atoms with van der Waals surface area (Å²) in [6.07, 6.45) is 3.42. The molecule has 0 fully saturated rings.